The van der Waals surface area contributed by atoms with Crippen molar-refractivity contribution in [3.8, 4) is 0 Å². The van der Waals surface area contributed by atoms with Crippen LogP contribution in [0.2, 0.25) is 5.28 Å². The zero-order valence-corrected chi connectivity index (χ0v) is 13.7. The SMILES string of the molecule is CN1C2=NCC3(CCC4(CC3)OCCO4)N2c2nc(Cl)ncc21. The summed E-state index contributed by atoms with van der Waals surface area (Å²) in [5, 5.41) is 0.273. The van der Waals surface area contributed by atoms with Crippen molar-refractivity contribution in [1.82, 2.24) is 9.97 Å². The molecule has 0 unspecified atom stereocenters. The largest absolute Gasteiger partial charge is 0.348 e. The first-order valence-corrected chi connectivity index (χ1v) is 8.39. The average Bonchev–Trinajstić information content (AvgIpc) is 3.21. The number of rotatable bonds is 0. The van der Waals surface area contributed by atoms with E-state index in [0.717, 1.165) is 49.7 Å². The monoisotopic (exact) mass is 335 g/mol. The molecule has 0 amide bonds. The predicted octanol–water partition coefficient (Wildman–Crippen LogP) is 1.81. The van der Waals surface area contributed by atoms with Gasteiger partial charge in [-0.2, -0.15) is 4.98 Å². The topological polar surface area (TPSA) is 63.1 Å². The molecule has 122 valence electrons. The molecule has 2 spiro atoms. The Morgan fingerprint density at radius 3 is 2.65 bits per heavy atom. The third-order valence-electron chi connectivity index (χ3n) is 5.54. The number of anilines is 2. The van der Waals surface area contributed by atoms with Gasteiger partial charge in [0.2, 0.25) is 11.2 Å². The lowest BCUT2D eigenvalue weighted by molar-refractivity contribution is -0.183. The van der Waals surface area contributed by atoms with Crippen LogP contribution in [0.3, 0.4) is 0 Å². The number of hydrogen-bond donors (Lipinski definition) is 0. The van der Waals surface area contributed by atoms with Gasteiger partial charge < -0.3 is 14.4 Å². The minimum atomic E-state index is -0.369. The molecule has 1 aliphatic carbocycles. The first-order valence-electron chi connectivity index (χ1n) is 8.02. The van der Waals surface area contributed by atoms with E-state index < -0.39 is 0 Å². The van der Waals surface area contributed by atoms with Crippen LogP contribution in [-0.2, 0) is 9.47 Å². The van der Waals surface area contributed by atoms with Gasteiger partial charge in [-0.15, -0.1) is 0 Å². The number of ether oxygens (including phenoxy) is 2. The van der Waals surface area contributed by atoms with Crippen molar-refractivity contribution in [3.05, 3.63) is 11.5 Å². The van der Waals surface area contributed by atoms with Crippen LogP contribution in [-0.4, -0.2) is 54.1 Å². The molecule has 0 bridgehead atoms. The molecule has 8 heteroatoms. The summed E-state index contributed by atoms with van der Waals surface area (Å²) < 4.78 is 11.7. The molecule has 0 N–H and O–H groups in total. The fourth-order valence-electron chi connectivity index (χ4n) is 4.27. The number of guanidine groups is 1. The van der Waals surface area contributed by atoms with E-state index in [1.165, 1.54) is 0 Å². The number of nitrogens with zero attached hydrogens (tertiary/aromatic N) is 5. The fraction of sp³-hybridized carbons (Fsp3) is 0.667. The maximum Gasteiger partial charge on any atom is 0.224 e. The average molecular weight is 336 g/mol. The van der Waals surface area contributed by atoms with Gasteiger partial charge in [-0.1, -0.05) is 0 Å². The van der Waals surface area contributed by atoms with Crippen molar-refractivity contribution in [2.45, 2.75) is 37.0 Å². The zero-order chi connectivity index (χ0) is 15.7. The molecule has 4 aliphatic rings. The van der Waals surface area contributed by atoms with Gasteiger partial charge in [0.25, 0.3) is 0 Å². The van der Waals surface area contributed by atoms with Crippen LogP contribution in [0.25, 0.3) is 0 Å². The second kappa shape index (κ2) is 4.55. The lowest BCUT2D eigenvalue weighted by atomic mass is 9.78. The van der Waals surface area contributed by atoms with E-state index in [2.05, 4.69) is 14.9 Å². The van der Waals surface area contributed by atoms with Gasteiger partial charge in [-0.25, -0.2) is 9.98 Å². The van der Waals surface area contributed by atoms with Crippen LogP contribution in [0, 0.1) is 0 Å². The first-order chi connectivity index (χ1) is 11.1. The minimum absolute atomic E-state index is 0.0485. The van der Waals surface area contributed by atoms with E-state index in [1.54, 1.807) is 6.20 Å². The third kappa shape index (κ3) is 1.81. The van der Waals surface area contributed by atoms with Crippen molar-refractivity contribution in [3.63, 3.8) is 0 Å². The van der Waals surface area contributed by atoms with Gasteiger partial charge in [-0.3, -0.25) is 4.90 Å². The van der Waals surface area contributed by atoms with Crippen molar-refractivity contribution in [2.75, 3.05) is 36.6 Å². The first kappa shape index (κ1) is 13.9. The van der Waals surface area contributed by atoms with Gasteiger partial charge >= 0.3 is 0 Å². The maximum absolute atomic E-state index is 6.04. The van der Waals surface area contributed by atoms with Crippen LogP contribution >= 0.6 is 11.6 Å². The van der Waals surface area contributed by atoms with E-state index in [0.29, 0.717) is 13.2 Å². The zero-order valence-electron chi connectivity index (χ0n) is 13.0. The normalized spacial score (nSPS) is 26.8. The summed E-state index contributed by atoms with van der Waals surface area (Å²) in [4.78, 5) is 17.7. The molecule has 1 saturated carbocycles. The van der Waals surface area contributed by atoms with Crippen molar-refractivity contribution in [2.24, 2.45) is 4.99 Å². The minimum Gasteiger partial charge on any atom is -0.348 e. The molecule has 23 heavy (non-hydrogen) atoms. The highest BCUT2D eigenvalue weighted by molar-refractivity contribution is 6.28. The third-order valence-corrected chi connectivity index (χ3v) is 5.72. The molecule has 1 aromatic rings. The maximum atomic E-state index is 6.04. The highest BCUT2D eigenvalue weighted by atomic mass is 35.5. The molecule has 1 saturated heterocycles. The fourth-order valence-corrected chi connectivity index (χ4v) is 4.39. The highest BCUT2D eigenvalue weighted by Gasteiger charge is 2.55. The molecule has 2 fully saturated rings. The number of fused-ring (bicyclic) bond motifs is 4. The molecular formula is C15H18ClN5O2. The molecule has 0 radical (unpaired) electrons. The summed E-state index contributed by atoms with van der Waals surface area (Å²) in [5.41, 5.74) is 0.911. The molecule has 3 aliphatic heterocycles. The molecule has 5 rings (SSSR count). The Hall–Kier alpha value is -1.44. The van der Waals surface area contributed by atoms with E-state index in [9.17, 15) is 0 Å². The molecule has 4 heterocycles. The van der Waals surface area contributed by atoms with Crippen LogP contribution in [0.1, 0.15) is 25.7 Å². The summed E-state index contributed by atoms with van der Waals surface area (Å²) in [5.74, 6) is 1.44. The summed E-state index contributed by atoms with van der Waals surface area (Å²) in [6, 6.07) is 0. The van der Waals surface area contributed by atoms with E-state index in [1.807, 2.05) is 11.9 Å². The van der Waals surface area contributed by atoms with Gasteiger partial charge in [0.05, 0.1) is 31.5 Å². The number of aromatic nitrogens is 2. The van der Waals surface area contributed by atoms with Gasteiger partial charge in [0, 0.05) is 19.9 Å². The number of aliphatic imine (C=N–C) groups is 1. The van der Waals surface area contributed by atoms with Crippen LogP contribution in [0.15, 0.2) is 11.2 Å². The van der Waals surface area contributed by atoms with Crippen molar-refractivity contribution in [1.29, 1.82) is 0 Å². The number of halogens is 1. The molecule has 1 aromatic heterocycles. The predicted molar refractivity (Wildman–Crippen MR) is 86.1 cm³/mol. The standard InChI is InChI=1S/C15H18ClN5O2/c1-20-10-8-17-12(16)19-11(10)21-13(20)18-9-14(21)2-4-15(5-3-14)22-6-7-23-15/h8H,2-7,9H2,1H3. The summed E-state index contributed by atoms with van der Waals surface area (Å²) in [6.07, 6.45) is 5.49. The second-order valence-corrected chi connectivity index (χ2v) is 7.03. The Bertz CT molecular complexity index is 693. The lowest BCUT2D eigenvalue weighted by Crippen LogP contribution is -2.55. The molecule has 0 atom stereocenters. The van der Waals surface area contributed by atoms with Crippen LogP contribution in [0.5, 0.6) is 0 Å². The van der Waals surface area contributed by atoms with Crippen LogP contribution < -0.4 is 9.80 Å². The van der Waals surface area contributed by atoms with Crippen LogP contribution in [0.4, 0.5) is 11.5 Å². The van der Waals surface area contributed by atoms with E-state index in [-0.39, 0.29) is 16.6 Å². The smallest absolute Gasteiger partial charge is 0.224 e. The van der Waals surface area contributed by atoms with E-state index in [4.69, 9.17) is 26.1 Å². The Labute approximate surface area is 139 Å². The van der Waals surface area contributed by atoms with Crippen molar-refractivity contribution >= 4 is 29.1 Å². The van der Waals surface area contributed by atoms with Gasteiger partial charge in [0.1, 0.15) is 5.69 Å². The lowest BCUT2D eigenvalue weighted by Gasteiger charge is -2.45. The molecular weight excluding hydrogens is 318 g/mol. The Morgan fingerprint density at radius 2 is 1.91 bits per heavy atom. The summed E-state index contributed by atoms with van der Waals surface area (Å²) in [6.45, 7) is 2.18. The quantitative estimate of drug-likeness (QED) is 0.674. The summed E-state index contributed by atoms with van der Waals surface area (Å²) >= 11 is 6.04. The molecule has 7 nitrogen and oxygen atoms in total. The Morgan fingerprint density at radius 1 is 1.17 bits per heavy atom. The van der Waals surface area contributed by atoms with Gasteiger partial charge in [-0.05, 0) is 24.4 Å². The summed E-state index contributed by atoms with van der Waals surface area (Å²) in [7, 11) is 2.00. The molecule has 0 aromatic carbocycles. The van der Waals surface area contributed by atoms with Crippen molar-refractivity contribution < 1.29 is 9.47 Å². The van der Waals surface area contributed by atoms with Gasteiger partial charge in [0.15, 0.2) is 11.6 Å². The number of hydrogen-bond acceptors (Lipinski definition) is 7. The second-order valence-electron chi connectivity index (χ2n) is 6.69. The Kier molecular flexibility index (Phi) is 2.76. The highest BCUT2D eigenvalue weighted by Crippen LogP contribution is 2.50. The Balaban J connectivity index is 1.50. The van der Waals surface area contributed by atoms with E-state index >= 15 is 0 Å².